The van der Waals surface area contributed by atoms with E-state index < -0.39 is 37.6 Å². The van der Waals surface area contributed by atoms with E-state index in [1.807, 2.05) is 49.4 Å². The minimum Gasteiger partial charge on any atom is -0.469 e. The molecule has 4 aliphatic heterocycles. The highest BCUT2D eigenvalue weighted by atomic mass is 28.4. The standard InChI is InChI=1S/C36H47FN4O7Si/c1-23-34(49(3,4)37)30(19-31(43)41-21-25-10-6-5-9-24(25)17-27(41)22-42)48-36(23)28-18-26(39-16-14-38-20-32(39)44)12-13-29(28)40(35(36)46)15-8-7-11-33(45)47-2/h5-6,9-10,12-13,18,23,27,30,34,38,42H,7-8,11,14-17,19-22H2,1-4H3/t23-,27-,30+,34-,36+/m0/s1. The molecule has 6 rings (SSSR count). The van der Waals surface area contributed by atoms with Crippen molar-refractivity contribution >= 4 is 43.5 Å². The van der Waals surface area contributed by atoms with Gasteiger partial charge in [-0.3, -0.25) is 19.2 Å². The summed E-state index contributed by atoms with van der Waals surface area (Å²) in [6, 6.07) is 12.9. The van der Waals surface area contributed by atoms with E-state index in [1.165, 1.54) is 7.11 Å². The first-order valence-electron chi connectivity index (χ1n) is 17.3. The van der Waals surface area contributed by atoms with Crippen molar-refractivity contribution in [1.29, 1.82) is 0 Å². The lowest BCUT2D eigenvalue weighted by Crippen LogP contribution is -2.48. The van der Waals surface area contributed by atoms with Gasteiger partial charge in [-0.2, -0.15) is 0 Å². The molecule has 5 atom stereocenters. The van der Waals surface area contributed by atoms with E-state index in [-0.39, 0.29) is 49.7 Å². The van der Waals surface area contributed by atoms with Gasteiger partial charge in [-0.1, -0.05) is 31.2 Å². The first-order chi connectivity index (χ1) is 23.4. The van der Waals surface area contributed by atoms with E-state index in [2.05, 4.69) is 5.32 Å². The van der Waals surface area contributed by atoms with Crippen LogP contribution >= 0.6 is 0 Å². The third-order valence-electron chi connectivity index (χ3n) is 10.8. The number of piperazine rings is 1. The Bertz CT molecular complexity index is 1620. The van der Waals surface area contributed by atoms with Crippen molar-refractivity contribution < 1.29 is 37.9 Å². The van der Waals surface area contributed by atoms with Crippen LogP contribution in [0.2, 0.25) is 18.6 Å². The number of rotatable bonds is 10. The molecule has 0 aromatic heterocycles. The molecule has 0 bridgehead atoms. The lowest BCUT2D eigenvalue weighted by molar-refractivity contribution is -0.151. The van der Waals surface area contributed by atoms with Gasteiger partial charge < -0.3 is 38.7 Å². The molecule has 0 unspecified atom stereocenters. The molecule has 0 aliphatic carbocycles. The topological polar surface area (TPSA) is 129 Å². The average molecular weight is 695 g/mol. The van der Waals surface area contributed by atoms with Gasteiger partial charge in [0.25, 0.3) is 5.91 Å². The molecule has 13 heteroatoms. The number of anilines is 2. The molecule has 3 amide bonds. The molecule has 0 radical (unpaired) electrons. The monoisotopic (exact) mass is 694 g/mol. The number of hydrogen-bond acceptors (Lipinski definition) is 8. The van der Waals surface area contributed by atoms with Gasteiger partial charge in [0.05, 0.1) is 44.5 Å². The Balaban J connectivity index is 1.35. The molecule has 2 saturated heterocycles. The Morgan fingerprint density at radius 3 is 2.59 bits per heavy atom. The van der Waals surface area contributed by atoms with Crippen molar-refractivity contribution in [1.82, 2.24) is 10.2 Å². The molecule has 49 heavy (non-hydrogen) atoms. The number of unbranched alkanes of at least 4 members (excludes halogenated alkanes) is 1. The Morgan fingerprint density at radius 1 is 1.14 bits per heavy atom. The lowest BCUT2D eigenvalue weighted by atomic mass is 9.82. The number of nitrogens with zero attached hydrogens (tertiary/aromatic N) is 3. The number of benzene rings is 2. The summed E-state index contributed by atoms with van der Waals surface area (Å²) in [5.41, 5.74) is 1.66. The van der Waals surface area contributed by atoms with Gasteiger partial charge in [0.1, 0.15) is 0 Å². The molecule has 0 saturated carbocycles. The second kappa shape index (κ2) is 13.9. The van der Waals surface area contributed by atoms with E-state index in [1.54, 1.807) is 27.8 Å². The fraction of sp³-hybridized carbons (Fsp3) is 0.556. The predicted octanol–water partition coefficient (Wildman–Crippen LogP) is 3.42. The largest absolute Gasteiger partial charge is 0.469 e. The smallest absolute Gasteiger partial charge is 0.305 e. The van der Waals surface area contributed by atoms with Crippen LogP contribution in [-0.4, -0.2) is 94.1 Å². The molecule has 4 aliphatic rings. The summed E-state index contributed by atoms with van der Waals surface area (Å²) in [6.07, 6.45) is 0.756. The molecule has 264 valence electrons. The summed E-state index contributed by atoms with van der Waals surface area (Å²) in [5, 5.41) is 13.3. The minimum absolute atomic E-state index is 0.0928. The summed E-state index contributed by atoms with van der Waals surface area (Å²) < 4.78 is 28.2. The summed E-state index contributed by atoms with van der Waals surface area (Å²) in [4.78, 5) is 58.5. The molecule has 4 heterocycles. The van der Waals surface area contributed by atoms with E-state index in [9.17, 15) is 24.3 Å². The third kappa shape index (κ3) is 6.41. The van der Waals surface area contributed by atoms with Crippen molar-refractivity contribution in [2.75, 3.05) is 49.7 Å². The first-order valence-corrected chi connectivity index (χ1v) is 20.2. The van der Waals surface area contributed by atoms with E-state index in [4.69, 9.17) is 9.47 Å². The van der Waals surface area contributed by atoms with Gasteiger partial charge in [0.15, 0.2) is 5.60 Å². The van der Waals surface area contributed by atoms with Crippen LogP contribution in [0.25, 0.3) is 0 Å². The first kappa shape index (κ1) is 35.2. The molecular formula is C36H47FN4O7Si. The van der Waals surface area contributed by atoms with Crippen molar-refractivity contribution in [2.24, 2.45) is 5.92 Å². The van der Waals surface area contributed by atoms with Crippen LogP contribution in [0.15, 0.2) is 42.5 Å². The fourth-order valence-electron chi connectivity index (χ4n) is 8.48. The molecule has 2 fully saturated rings. The number of esters is 1. The van der Waals surface area contributed by atoms with Crippen molar-refractivity contribution in [3.63, 3.8) is 0 Å². The zero-order valence-electron chi connectivity index (χ0n) is 28.7. The van der Waals surface area contributed by atoms with Crippen LogP contribution in [0.1, 0.15) is 49.3 Å². The second-order valence-electron chi connectivity index (χ2n) is 14.2. The van der Waals surface area contributed by atoms with Gasteiger partial charge >= 0.3 is 5.97 Å². The number of methoxy groups -OCH3 is 1. The van der Waals surface area contributed by atoms with Gasteiger partial charge in [-0.15, -0.1) is 0 Å². The number of amides is 3. The van der Waals surface area contributed by atoms with Crippen LogP contribution in [0.4, 0.5) is 15.5 Å². The van der Waals surface area contributed by atoms with E-state index in [0.717, 1.165) is 11.1 Å². The van der Waals surface area contributed by atoms with E-state index in [0.29, 0.717) is 62.4 Å². The average Bonchev–Trinajstić information content (AvgIpc) is 3.51. The normalized spacial score (nSPS) is 26.7. The van der Waals surface area contributed by atoms with Crippen molar-refractivity contribution in [3.8, 4) is 0 Å². The van der Waals surface area contributed by atoms with Crippen molar-refractivity contribution in [3.05, 3.63) is 59.2 Å². The van der Waals surface area contributed by atoms with Gasteiger partial charge in [-0.05, 0) is 61.7 Å². The summed E-state index contributed by atoms with van der Waals surface area (Å²) in [7, 11) is -2.22. The van der Waals surface area contributed by atoms with Crippen LogP contribution in [0.5, 0.6) is 0 Å². The van der Waals surface area contributed by atoms with Crippen LogP contribution in [0.3, 0.4) is 0 Å². The number of fused-ring (bicyclic) bond motifs is 3. The maximum Gasteiger partial charge on any atom is 0.305 e. The Morgan fingerprint density at radius 2 is 1.90 bits per heavy atom. The number of carbonyl (C=O) groups excluding carboxylic acids is 4. The number of hydrogen-bond donors (Lipinski definition) is 2. The Hall–Kier alpha value is -3.65. The number of aliphatic hydroxyl groups excluding tert-OH is 1. The number of ether oxygens (including phenoxy) is 2. The van der Waals surface area contributed by atoms with E-state index >= 15 is 4.11 Å². The second-order valence-corrected chi connectivity index (χ2v) is 18.0. The minimum atomic E-state index is -3.56. The van der Waals surface area contributed by atoms with Gasteiger partial charge in [0, 0.05) is 55.3 Å². The molecule has 2 aromatic carbocycles. The molecule has 2 N–H and O–H groups in total. The molecule has 11 nitrogen and oxygen atoms in total. The Kier molecular flexibility index (Phi) is 10.0. The molecular weight excluding hydrogens is 648 g/mol. The lowest BCUT2D eigenvalue weighted by Gasteiger charge is -2.37. The maximum absolute atomic E-state index is 16.5. The number of nitrogens with one attached hydrogen (secondary N) is 1. The summed E-state index contributed by atoms with van der Waals surface area (Å²) in [5.74, 6) is -1.61. The number of aliphatic hydroxyl groups is 1. The SMILES string of the molecule is COC(=O)CCCCN1C(=O)[C@]2(O[C@H](CC(=O)N3Cc4ccccc4C[C@H]3CO)[C@@H]([Si](C)(C)F)[C@@H]2C)c2cc(N3CCNCC3=O)ccc21. The summed E-state index contributed by atoms with van der Waals surface area (Å²) in [6.45, 7) is 6.76. The van der Waals surface area contributed by atoms with Gasteiger partial charge in [-0.25, -0.2) is 0 Å². The quantitative estimate of drug-likeness (QED) is 0.168. The highest BCUT2D eigenvalue weighted by molar-refractivity contribution is 6.72. The third-order valence-corrected chi connectivity index (χ3v) is 13.3. The number of halogens is 1. The highest BCUT2D eigenvalue weighted by Gasteiger charge is 2.67. The van der Waals surface area contributed by atoms with Gasteiger partial charge in [0.2, 0.25) is 20.2 Å². The Labute approximate surface area is 287 Å². The highest BCUT2D eigenvalue weighted by Crippen LogP contribution is 2.60. The predicted molar refractivity (Wildman–Crippen MR) is 184 cm³/mol. The molecule has 2 aromatic rings. The zero-order chi connectivity index (χ0) is 35.1. The van der Waals surface area contributed by atoms with Crippen molar-refractivity contribution in [2.45, 2.75) is 82.0 Å². The maximum atomic E-state index is 16.5. The van der Waals surface area contributed by atoms with Crippen LogP contribution in [0, 0.1) is 5.92 Å². The fourth-order valence-corrected chi connectivity index (χ4v) is 11.0. The zero-order valence-corrected chi connectivity index (χ0v) is 29.7. The summed E-state index contributed by atoms with van der Waals surface area (Å²) >= 11 is 0. The number of carbonyl (C=O) groups is 4. The molecule has 1 spiro atoms. The van der Waals surface area contributed by atoms with Crippen LogP contribution in [-0.2, 0) is 47.2 Å². The van der Waals surface area contributed by atoms with Crippen LogP contribution < -0.4 is 15.1 Å².